The topological polar surface area (TPSA) is 66.5 Å². The van der Waals surface area contributed by atoms with Crippen LogP contribution in [0.5, 0.6) is 0 Å². The molecule has 0 spiro atoms. The van der Waals surface area contributed by atoms with Crippen LogP contribution in [0.4, 0.5) is 5.69 Å². The summed E-state index contributed by atoms with van der Waals surface area (Å²) in [5.74, 6) is 0.455. The molecule has 2 aromatic rings. The van der Waals surface area contributed by atoms with Gasteiger partial charge in [-0.05, 0) is 55.3 Å². The maximum atomic E-state index is 13.3. The molecule has 0 atom stereocenters. The number of hydrogen-bond donors (Lipinski definition) is 1. The van der Waals surface area contributed by atoms with E-state index in [0.717, 1.165) is 10.1 Å². The molecule has 1 N–H and O–H groups in total. The molecule has 30 heavy (non-hydrogen) atoms. The lowest BCUT2D eigenvalue weighted by Crippen LogP contribution is -2.41. The highest BCUT2D eigenvalue weighted by Crippen LogP contribution is 2.29. The van der Waals surface area contributed by atoms with Crippen molar-refractivity contribution in [3.05, 3.63) is 58.6 Å². The van der Waals surface area contributed by atoms with E-state index in [1.165, 1.54) is 56.0 Å². The van der Waals surface area contributed by atoms with Gasteiger partial charge in [0.15, 0.2) is 0 Å². The summed E-state index contributed by atoms with van der Waals surface area (Å²) < 4.78 is 27.6. The Morgan fingerprint density at radius 1 is 1.07 bits per heavy atom. The van der Waals surface area contributed by atoms with Crippen LogP contribution >= 0.6 is 35.0 Å². The Morgan fingerprint density at radius 3 is 2.43 bits per heavy atom. The summed E-state index contributed by atoms with van der Waals surface area (Å²) >= 11 is 13.8. The van der Waals surface area contributed by atoms with Crippen molar-refractivity contribution in [2.24, 2.45) is 0 Å². The third-order valence-corrected chi connectivity index (χ3v) is 8.52. The number of nitrogens with zero attached hydrogens (tertiary/aromatic N) is 1. The Hall–Kier alpha value is -1.41. The zero-order valence-corrected chi connectivity index (χ0v) is 19.5. The molecule has 2 aromatic carbocycles. The molecular weight excluding hydrogens is 463 g/mol. The maximum Gasteiger partial charge on any atom is 0.264 e. The molecule has 1 saturated carbocycles. The number of halogens is 2. The molecule has 0 aromatic heterocycles. The smallest absolute Gasteiger partial charge is 0.264 e. The molecule has 0 radical (unpaired) electrons. The average Bonchev–Trinajstić information content (AvgIpc) is 3.23. The number of hydrogen-bond acceptors (Lipinski definition) is 4. The Kier molecular flexibility index (Phi) is 8.34. The minimum atomic E-state index is -3.98. The van der Waals surface area contributed by atoms with Gasteiger partial charge < -0.3 is 5.32 Å². The second-order valence-corrected chi connectivity index (χ2v) is 11.2. The average molecular weight is 487 g/mol. The Labute approximate surface area is 192 Å². The number of sulfonamides is 1. The fourth-order valence-electron chi connectivity index (χ4n) is 3.34. The molecule has 3 rings (SSSR count). The SMILES string of the molecule is O=C(CN(c1cccc(Cl)c1)S(=O)(=O)c1ccc(Cl)cc1)NCCSC1CCCC1. The maximum absolute atomic E-state index is 13.3. The van der Waals surface area contributed by atoms with Crippen molar-refractivity contribution in [3.63, 3.8) is 0 Å². The number of thioether (sulfide) groups is 1. The molecule has 0 bridgehead atoms. The van der Waals surface area contributed by atoms with Gasteiger partial charge in [-0.15, -0.1) is 0 Å². The van der Waals surface area contributed by atoms with Gasteiger partial charge in [0, 0.05) is 27.6 Å². The van der Waals surface area contributed by atoms with Crippen molar-refractivity contribution >= 4 is 56.6 Å². The summed E-state index contributed by atoms with van der Waals surface area (Å²) in [4.78, 5) is 12.6. The predicted octanol–water partition coefficient (Wildman–Crippen LogP) is 4.98. The summed E-state index contributed by atoms with van der Waals surface area (Å²) in [7, 11) is -3.98. The monoisotopic (exact) mass is 486 g/mol. The highest BCUT2D eigenvalue weighted by Gasteiger charge is 2.27. The van der Waals surface area contributed by atoms with Gasteiger partial charge in [-0.1, -0.05) is 42.1 Å². The van der Waals surface area contributed by atoms with Crippen LogP contribution in [0.25, 0.3) is 0 Å². The second-order valence-electron chi connectivity index (χ2n) is 7.07. The lowest BCUT2D eigenvalue weighted by atomic mass is 10.3. The van der Waals surface area contributed by atoms with E-state index in [4.69, 9.17) is 23.2 Å². The first-order valence-electron chi connectivity index (χ1n) is 9.78. The molecule has 0 heterocycles. The second kappa shape index (κ2) is 10.8. The van der Waals surface area contributed by atoms with Crippen LogP contribution in [0.3, 0.4) is 0 Å². The van der Waals surface area contributed by atoms with E-state index in [0.29, 0.717) is 27.5 Å². The standard InChI is InChI=1S/C21H24Cl2N2O3S2/c22-16-8-10-20(11-9-16)30(27,28)25(18-5-3-4-17(23)14-18)15-21(26)24-12-13-29-19-6-1-2-7-19/h3-5,8-11,14,19H,1-2,6-7,12-13,15H2,(H,24,26). The molecule has 1 fully saturated rings. The summed E-state index contributed by atoms with van der Waals surface area (Å²) in [5.41, 5.74) is 0.327. The summed E-state index contributed by atoms with van der Waals surface area (Å²) in [6.45, 7) is 0.170. The molecule has 1 aliphatic rings. The first-order chi connectivity index (χ1) is 14.4. The minimum absolute atomic E-state index is 0.0523. The molecular formula is C21H24Cl2N2O3S2. The Bertz CT molecular complexity index is 962. The van der Waals surface area contributed by atoms with Gasteiger partial charge >= 0.3 is 0 Å². The first kappa shape index (κ1) is 23.3. The lowest BCUT2D eigenvalue weighted by Gasteiger charge is -2.24. The van der Waals surface area contributed by atoms with Crippen LogP contribution in [0.1, 0.15) is 25.7 Å². The van der Waals surface area contributed by atoms with Gasteiger partial charge in [0.1, 0.15) is 6.54 Å². The summed E-state index contributed by atoms with van der Waals surface area (Å²) in [6, 6.07) is 12.3. The fraction of sp³-hybridized carbons (Fsp3) is 0.381. The quantitative estimate of drug-likeness (QED) is 0.507. The van der Waals surface area contributed by atoms with Gasteiger partial charge in [0.05, 0.1) is 10.6 Å². The summed E-state index contributed by atoms with van der Waals surface area (Å²) in [6.07, 6.45) is 5.03. The molecule has 0 aliphatic heterocycles. The molecule has 162 valence electrons. The van der Waals surface area contributed by atoms with Crippen molar-refractivity contribution in [2.75, 3.05) is 23.1 Å². The van der Waals surface area contributed by atoms with Crippen LogP contribution in [0.15, 0.2) is 53.4 Å². The zero-order valence-electron chi connectivity index (χ0n) is 16.4. The Balaban J connectivity index is 1.71. The first-order valence-corrected chi connectivity index (χ1v) is 13.0. The van der Waals surface area contributed by atoms with Crippen LogP contribution in [0, 0.1) is 0 Å². The van der Waals surface area contributed by atoms with Crippen LogP contribution in [-0.4, -0.2) is 38.4 Å². The van der Waals surface area contributed by atoms with E-state index in [1.54, 1.807) is 18.2 Å². The van der Waals surface area contributed by atoms with Gasteiger partial charge in [0.2, 0.25) is 5.91 Å². The number of amides is 1. The normalized spacial score (nSPS) is 14.6. The highest BCUT2D eigenvalue weighted by molar-refractivity contribution is 7.99. The van der Waals surface area contributed by atoms with E-state index in [9.17, 15) is 13.2 Å². The van der Waals surface area contributed by atoms with E-state index in [-0.39, 0.29) is 17.3 Å². The number of anilines is 1. The van der Waals surface area contributed by atoms with Gasteiger partial charge in [-0.25, -0.2) is 8.42 Å². The van der Waals surface area contributed by atoms with Crippen molar-refractivity contribution in [3.8, 4) is 0 Å². The van der Waals surface area contributed by atoms with Crippen molar-refractivity contribution < 1.29 is 13.2 Å². The van der Waals surface area contributed by atoms with E-state index in [2.05, 4.69) is 5.32 Å². The molecule has 1 aliphatic carbocycles. The summed E-state index contributed by atoms with van der Waals surface area (Å²) in [5, 5.41) is 4.33. The van der Waals surface area contributed by atoms with Gasteiger partial charge in [-0.2, -0.15) is 11.8 Å². The van der Waals surface area contributed by atoms with E-state index >= 15 is 0 Å². The minimum Gasteiger partial charge on any atom is -0.354 e. The van der Waals surface area contributed by atoms with Gasteiger partial charge in [0.25, 0.3) is 10.0 Å². The fourth-order valence-corrected chi connectivity index (χ4v) is 6.28. The molecule has 9 heteroatoms. The van der Waals surface area contributed by atoms with Crippen molar-refractivity contribution in [1.82, 2.24) is 5.32 Å². The number of nitrogens with one attached hydrogen (secondary N) is 1. The number of benzene rings is 2. The number of carbonyl (C=O) groups excluding carboxylic acids is 1. The number of carbonyl (C=O) groups is 1. The van der Waals surface area contributed by atoms with Crippen LogP contribution < -0.4 is 9.62 Å². The third kappa shape index (κ3) is 6.30. The van der Waals surface area contributed by atoms with Crippen LogP contribution in [-0.2, 0) is 14.8 Å². The molecule has 1 amide bonds. The molecule has 0 unspecified atom stereocenters. The largest absolute Gasteiger partial charge is 0.354 e. The van der Waals surface area contributed by atoms with Crippen LogP contribution in [0.2, 0.25) is 10.0 Å². The van der Waals surface area contributed by atoms with E-state index in [1.807, 2.05) is 11.8 Å². The molecule has 0 saturated heterocycles. The number of rotatable bonds is 9. The van der Waals surface area contributed by atoms with Crippen molar-refractivity contribution in [1.29, 1.82) is 0 Å². The zero-order chi connectivity index (χ0) is 21.6. The van der Waals surface area contributed by atoms with Crippen molar-refractivity contribution in [2.45, 2.75) is 35.8 Å². The molecule has 5 nitrogen and oxygen atoms in total. The van der Waals surface area contributed by atoms with Gasteiger partial charge in [-0.3, -0.25) is 9.10 Å². The third-order valence-electron chi connectivity index (χ3n) is 4.87. The Morgan fingerprint density at radius 2 is 1.77 bits per heavy atom. The highest BCUT2D eigenvalue weighted by atomic mass is 35.5. The van der Waals surface area contributed by atoms with E-state index < -0.39 is 10.0 Å². The predicted molar refractivity (Wildman–Crippen MR) is 125 cm³/mol. The lowest BCUT2D eigenvalue weighted by molar-refractivity contribution is -0.119.